The molecule has 1 atom stereocenters. The lowest BCUT2D eigenvalue weighted by Crippen LogP contribution is -2.42. The SMILES string of the molecule is COC(=O)C(C)N1C(=O)SC(=Cc2cn(C(C)C)c3ccccc23)C1=O. The van der Waals surface area contributed by atoms with Crippen molar-refractivity contribution in [2.24, 2.45) is 0 Å². The van der Waals surface area contributed by atoms with Crippen LogP contribution in [0.4, 0.5) is 4.79 Å². The Morgan fingerprint density at radius 1 is 1.19 bits per heavy atom. The number of rotatable bonds is 4. The van der Waals surface area contributed by atoms with Gasteiger partial charge in [0.15, 0.2) is 0 Å². The summed E-state index contributed by atoms with van der Waals surface area (Å²) in [7, 11) is 1.23. The first-order valence-corrected chi connectivity index (χ1v) is 9.11. The van der Waals surface area contributed by atoms with Crippen molar-refractivity contribution in [1.29, 1.82) is 0 Å². The highest BCUT2D eigenvalue weighted by molar-refractivity contribution is 8.18. The van der Waals surface area contributed by atoms with Crippen LogP contribution in [0.5, 0.6) is 0 Å². The van der Waals surface area contributed by atoms with Gasteiger partial charge in [-0.1, -0.05) is 18.2 Å². The smallest absolute Gasteiger partial charge is 0.328 e. The molecule has 0 radical (unpaired) electrons. The molecule has 7 heteroatoms. The molecular formula is C19H20N2O4S. The molecule has 1 saturated heterocycles. The van der Waals surface area contributed by atoms with Crippen molar-refractivity contribution < 1.29 is 19.1 Å². The largest absolute Gasteiger partial charge is 0.467 e. The Kier molecular flexibility index (Phi) is 4.91. The van der Waals surface area contributed by atoms with Crippen molar-refractivity contribution in [1.82, 2.24) is 9.47 Å². The lowest BCUT2D eigenvalue weighted by Gasteiger charge is -2.18. The zero-order valence-corrected chi connectivity index (χ0v) is 15.9. The first kappa shape index (κ1) is 18.3. The van der Waals surface area contributed by atoms with E-state index in [4.69, 9.17) is 0 Å². The van der Waals surface area contributed by atoms with Crippen molar-refractivity contribution in [2.75, 3.05) is 7.11 Å². The van der Waals surface area contributed by atoms with Crippen molar-refractivity contribution >= 4 is 45.9 Å². The third kappa shape index (κ3) is 3.03. The summed E-state index contributed by atoms with van der Waals surface area (Å²) in [6.07, 6.45) is 3.70. The number of imide groups is 1. The summed E-state index contributed by atoms with van der Waals surface area (Å²) in [5, 5.41) is 0.542. The topological polar surface area (TPSA) is 68.6 Å². The molecule has 0 spiro atoms. The Morgan fingerprint density at radius 2 is 1.88 bits per heavy atom. The number of amides is 2. The lowest BCUT2D eigenvalue weighted by atomic mass is 10.1. The van der Waals surface area contributed by atoms with E-state index >= 15 is 0 Å². The molecule has 1 unspecified atom stereocenters. The molecule has 0 aliphatic carbocycles. The Hall–Kier alpha value is -2.54. The first-order valence-electron chi connectivity index (χ1n) is 8.29. The van der Waals surface area contributed by atoms with E-state index in [2.05, 4.69) is 23.2 Å². The number of carbonyl (C=O) groups excluding carboxylic acids is 3. The quantitative estimate of drug-likeness (QED) is 0.603. The number of esters is 1. The minimum absolute atomic E-state index is 0.261. The number of hydrogen-bond donors (Lipinski definition) is 0. The fraction of sp³-hybridized carbons (Fsp3) is 0.316. The maximum absolute atomic E-state index is 12.7. The lowest BCUT2D eigenvalue weighted by molar-refractivity contribution is -0.148. The molecule has 1 aliphatic heterocycles. The highest BCUT2D eigenvalue weighted by Gasteiger charge is 2.41. The van der Waals surface area contributed by atoms with Gasteiger partial charge in [0.2, 0.25) is 0 Å². The Bertz CT molecular complexity index is 929. The summed E-state index contributed by atoms with van der Waals surface area (Å²) in [6.45, 7) is 5.65. The molecule has 2 heterocycles. The van der Waals surface area contributed by atoms with Gasteiger partial charge in [0.1, 0.15) is 6.04 Å². The predicted octanol–water partition coefficient (Wildman–Crippen LogP) is 3.82. The molecule has 1 aromatic carbocycles. The van der Waals surface area contributed by atoms with Gasteiger partial charge >= 0.3 is 5.97 Å². The molecule has 1 aliphatic rings. The normalized spacial score (nSPS) is 17.6. The van der Waals surface area contributed by atoms with Crippen LogP contribution >= 0.6 is 11.8 Å². The second-order valence-electron chi connectivity index (χ2n) is 6.35. The van der Waals surface area contributed by atoms with Crippen LogP contribution in [0.1, 0.15) is 32.4 Å². The standard InChI is InChI=1S/C19H20N2O4S/c1-11(2)20-10-13(14-7-5-6-8-15(14)20)9-16-17(22)21(19(24)26-16)12(3)18(23)25-4/h5-12H,1-4H3. The van der Waals surface area contributed by atoms with Crippen LogP contribution in [0.3, 0.4) is 0 Å². The number of nitrogens with zero attached hydrogens (tertiary/aromatic N) is 2. The minimum Gasteiger partial charge on any atom is -0.467 e. The number of carbonyl (C=O) groups is 3. The third-order valence-electron chi connectivity index (χ3n) is 4.37. The Morgan fingerprint density at radius 3 is 2.54 bits per heavy atom. The number of thioether (sulfide) groups is 1. The number of hydrogen-bond acceptors (Lipinski definition) is 5. The van der Waals surface area contributed by atoms with Crippen molar-refractivity contribution in [3.63, 3.8) is 0 Å². The van der Waals surface area contributed by atoms with Crippen molar-refractivity contribution in [2.45, 2.75) is 32.9 Å². The summed E-state index contributed by atoms with van der Waals surface area (Å²) in [4.78, 5) is 37.9. The predicted molar refractivity (Wildman–Crippen MR) is 102 cm³/mol. The van der Waals surface area contributed by atoms with Gasteiger partial charge in [0.05, 0.1) is 12.0 Å². The second-order valence-corrected chi connectivity index (χ2v) is 7.35. The van der Waals surface area contributed by atoms with Gasteiger partial charge in [0, 0.05) is 28.7 Å². The van der Waals surface area contributed by atoms with Crippen LogP contribution in [0, 0.1) is 0 Å². The first-order chi connectivity index (χ1) is 12.3. The number of fused-ring (bicyclic) bond motifs is 1. The number of methoxy groups -OCH3 is 1. The summed E-state index contributed by atoms with van der Waals surface area (Å²) in [6, 6.07) is 7.23. The molecular weight excluding hydrogens is 352 g/mol. The van der Waals surface area contributed by atoms with E-state index in [1.807, 2.05) is 30.5 Å². The molecule has 26 heavy (non-hydrogen) atoms. The van der Waals surface area contributed by atoms with E-state index in [9.17, 15) is 14.4 Å². The summed E-state index contributed by atoms with van der Waals surface area (Å²) in [5.74, 6) is -1.09. The van der Waals surface area contributed by atoms with E-state index in [1.54, 1.807) is 6.08 Å². The van der Waals surface area contributed by atoms with Crippen LogP contribution in [0.15, 0.2) is 35.4 Å². The zero-order chi connectivity index (χ0) is 19.0. The molecule has 1 aromatic heterocycles. The van der Waals surface area contributed by atoms with Gasteiger partial charge < -0.3 is 9.30 Å². The van der Waals surface area contributed by atoms with Crippen LogP contribution in [0.2, 0.25) is 0 Å². The molecule has 0 bridgehead atoms. The molecule has 136 valence electrons. The van der Waals surface area contributed by atoms with E-state index in [0.717, 1.165) is 33.1 Å². The fourth-order valence-corrected chi connectivity index (χ4v) is 3.90. The molecule has 0 N–H and O–H groups in total. The van der Waals surface area contributed by atoms with Crippen molar-refractivity contribution in [3.8, 4) is 0 Å². The van der Waals surface area contributed by atoms with Gasteiger partial charge in [-0.25, -0.2) is 4.79 Å². The van der Waals surface area contributed by atoms with Gasteiger partial charge in [-0.15, -0.1) is 0 Å². The van der Waals surface area contributed by atoms with E-state index in [1.165, 1.54) is 14.0 Å². The number of benzene rings is 1. The van der Waals surface area contributed by atoms with Gasteiger partial charge in [-0.2, -0.15) is 0 Å². The van der Waals surface area contributed by atoms with Gasteiger partial charge in [0.25, 0.3) is 11.1 Å². The molecule has 0 saturated carbocycles. The monoisotopic (exact) mass is 372 g/mol. The molecule has 2 amide bonds. The molecule has 3 rings (SSSR count). The number of ether oxygens (including phenoxy) is 1. The summed E-state index contributed by atoms with van der Waals surface area (Å²) in [5.41, 5.74) is 1.93. The maximum atomic E-state index is 12.7. The van der Waals surface area contributed by atoms with Gasteiger partial charge in [-0.05, 0) is 44.7 Å². The number of para-hydroxylation sites is 1. The van der Waals surface area contributed by atoms with E-state index < -0.39 is 23.2 Å². The average Bonchev–Trinajstić information content (AvgIpc) is 3.12. The van der Waals surface area contributed by atoms with E-state index in [-0.39, 0.29) is 6.04 Å². The zero-order valence-electron chi connectivity index (χ0n) is 15.1. The summed E-state index contributed by atoms with van der Waals surface area (Å²) < 4.78 is 6.77. The van der Waals surface area contributed by atoms with E-state index in [0.29, 0.717) is 4.91 Å². The highest BCUT2D eigenvalue weighted by atomic mass is 32.2. The molecule has 1 fully saturated rings. The number of aromatic nitrogens is 1. The van der Waals surface area contributed by atoms with Crippen LogP contribution < -0.4 is 0 Å². The van der Waals surface area contributed by atoms with Gasteiger partial charge in [-0.3, -0.25) is 14.5 Å². The van der Waals surface area contributed by atoms with Crippen LogP contribution in [-0.2, 0) is 14.3 Å². The van der Waals surface area contributed by atoms with Crippen LogP contribution in [0.25, 0.3) is 17.0 Å². The Balaban J connectivity index is 2.02. The molecule has 6 nitrogen and oxygen atoms in total. The molecule has 2 aromatic rings. The maximum Gasteiger partial charge on any atom is 0.328 e. The second kappa shape index (κ2) is 6.99. The Labute approximate surface area is 155 Å². The van der Waals surface area contributed by atoms with Crippen LogP contribution in [-0.4, -0.2) is 39.7 Å². The third-order valence-corrected chi connectivity index (χ3v) is 5.25. The van der Waals surface area contributed by atoms with Crippen molar-refractivity contribution in [3.05, 3.63) is 40.9 Å². The highest BCUT2D eigenvalue weighted by Crippen LogP contribution is 2.35. The fourth-order valence-electron chi connectivity index (χ4n) is 3.01. The summed E-state index contributed by atoms with van der Waals surface area (Å²) >= 11 is 0.841. The minimum atomic E-state index is -0.949. The average molecular weight is 372 g/mol.